The van der Waals surface area contributed by atoms with Gasteiger partial charge in [-0.2, -0.15) is 4.31 Å². The second kappa shape index (κ2) is 7.05. The van der Waals surface area contributed by atoms with E-state index in [2.05, 4.69) is 11.9 Å². The molecule has 3 rings (SSSR count). The lowest BCUT2D eigenvalue weighted by Gasteiger charge is -2.30. The van der Waals surface area contributed by atoms with E-state index in [9.17, 15) is 8.42 Å². The molecular weight excluding hydrogens is 356 g/mol. The van der Waals surface area contributed by atoms with Crippen molar-refractivity contribution in [2.24, 2.45) is 0 Å². The van der Waals surface area contributed by atoms with Crippen molar-refractivity contribution in [3.63, 3.8) is 0 Å². The molecule has 1 saturated heterocycles. The highest BCUT2D eigenvalue weighted by atomic mass is 32.2. The molecule has 2 heterocycles. The first-order valence-electron chi connectivity index (χ1n) is 8.41. The Labute approximate surface area is 153 Å². The maximum absolute atomic E-state index is 13.1. The number of benzene rings is 1. The average Bonchev–Trinajstić information content (AvgIpc) is 2.94. The van der Waals surface area contributed by atoms with Crippen LogP contribution in [0.3, 0.4) is 0 Å². The lowest BCUT2D eigenvalue weighted by atomic mass is 9.99. The van der Waals surface area contributed by atoms with Crippen LogP contribution in [0.2, 0.25) is 0 Å². The Morgan fingerprint density at radius 3 is 2.44 bits per heavy atom. The summed E-state index contributed by atoms with van der Waals surface area (Å²) < 4.78 is 33.0. The number of aryl methyl sites for hydroxylation is 3. The van der Waals surface area contributed by atoms with Crippen molar-refractivity contribution in [1.29, 1.82) is 0 Å². The van der Waals surface area contributed by atoms with Gasteiger partial charge in [-0.1, -0.05) is 6.07 Å². The Morgan fingerprint density at radius 2 is 1.88 bits per heavy atom. The van der Waals surface area contributed by atoms with Crippen LogP contribution in [0.5, 0.6) is 5.75 Å². The smallest absolute Gasteiger partial charge is 0.246 e. The van der Waals surface area contributed by atoms with Gasteiger partial charge in [0, 0.05) is 23.9 Å². The molecule has 1 aliphatic heterocycles. The van der Waals surface area contributed by atoms with Crippen molar-refractivity contribution < 1.29 is 13.2 Å². The number of hydrogen-bond donors (Lipinski definition) is 0. The Bertz CT molecular complexity index is 847. The molecule has 0 saturated carbocycles. The molecule has 0 bridgehead atoms. The molecule has 136 valence electrons. The Balaban J connectivity index is 1.79. The van der Waals surface area contributed by atoms with Crippen LogP contribution in [0, 0.1) is 20.8 Å². The van der Waals surface area contributed by atoms with Crippen molar-refractivity contribution in [3.8, 4) is 5.75 Å². The van der Waals surface area contributed by atoms with E-state index in [-0.39, 0.29) is 4.90 Å². The summed E-state index contributed by atoms with van der Waals surface area (Å²) in [5.74, 6) is 0.752. The molecule has 1 fully saturated rings. The van der Waals surface area contributed by atoms with Crippen LogP contribution >= 0.6 is 11.3 Å². The molecule has 0 unspecified atom stereocenters. The zero-order valence-corrected chi connectivity index (χ0v) is 16.7. The molecule has 1 aliphatic rings. The average molecular weight is 381 g/mol. The van der Waals surface area contributed by atoms with E-state index in [1.54, 1.807) is 27.8 Å². The fourth-order valence-corrected chi connectivity index (χ4v) is 5.94. The minimum absolute atomic E-state index is 0.259. The van der Waals surface area contributed by atoms with E-state index in [0.29, 0.717) is 24.8 Å². The summed E-state index contributed by atoms with van der Waals surface area (Å²) in [5.41, 5.74) is 1.99. The molecule has 2 aromatic rings. The van der Waals surface area contributed by atoms with Gasteiger partial charge in [-0.3, -0.25) is 0 Å². The van der Waals surface area contributed by atoms with Gasteiger partial charge in [0.2, 0.25) is 10.0 Å². The maximum Gasteiger partial charge on any atom is 0.246 e. The molecule has 0 atom stereocenters. The summed E-state index contributed by atoms with van der Waals surface area (Å²) in [6.07, 6.45) is 1.61. The Hall–Kier alpha value is -1.44. The van der Waals surface area contributed by atoms with Gasteiger partial charge in [0.1, 0.15) is 10.6 Å². The van der Waals surface area contributed by atoms with Gasteiger partial charge in [0.05, 0.1) is 17.8 Å². The number of aromatic nitrogens is 1. The number of thiazole rings is 1. The van der Waals surface area contributed by atoms with Gasteiger partial charge >= 0.3 is 0 Å². The Morgan fingerprint density at radius 1 is 1.20 bits per heavy atom. The van der Waals surface area contributed by atoms with Crippen LogP contribution < -0.4 is 4.74 Å². The predicted octanol–water partition coefficient (Wildman–Crippen LogP) is 3.65. The third kappa shape index (κ3) is 3.59. The normalized spacial score (nSPS) is 17.0. The third-order valence-electron chi connectivity index (χ3n) is 4.79. The number of nitrogens with zero attached hydrogens (tertiary/aromatic N) is 2. The zero-order chi connectivity index (χ0) is 18.2. The lowest BCUT2D eigenvalue weighted by Crippen LogP contribution is -2.38. The van der Waals surface area contributed by atoms with E-state index in [1.165, 1.54) is 12.0 Å². The number of hydrogen-bond acceptors (Lipinski definition) is 5. The fourth-order valence-electron chi connectivity index (χ4n) is 3.14. The number of sulfonamides is 1. The monoisotopic (exact) mass is 380 g/mol. The van der Waals surface area contributed by atoms with Crippen LogP contribution in [0.15, 0.2) is 23.1 Å². The SMILES string of the molecule is COc1ccc(C)cc1S(=O)(=O)N1CCC(c2nc(C)c(C)s2)CC1. The first-order valence-corrected chi connectivity index (χ1v) is 10.7. The fraction of sp³-hybridized carbons (Fsp3) is 0.500. The maximum atomic E-state index is 13.1. The second-order valence-corrected chi connectivity index (χ2v) is 9.67. The van der Waals surface area contributed by atoms with Crippen molar-refractivity contribution in [1.82, 2.24) is 9.29 Å². The standard InChI is InChI=1S/C18H24N2O3S2/c1-12-5-6-16(23-4)17(11-12)25(21,22)20-9-7-15(8-10-20)18-19-13(2)14(3)24-18/h5-6,11,15H,7-10H2,1-4H3. The van der Waals surface area contributed by atoms with E-state index < -0.39 is 10.0 Å². The summed E-state index contributed by atoms with van der Waals surface area (Å²) in [6, 6.07) is 5.26. The molecule has 0 radical (unpaired) electrons. The predicted molar refractivity (Wildman–Crippen MR) is 100 cm³/mol. The summed E-state index contributed by atoms with van der Waals surface area (Å²) in [7, 11) is -2.04. The van der Waals surface area contributed by atoms with E-state index in [4.69, 9.17) is 4.74 Å². The molecule has 1 aromatic heterocycles. The molecule has 0 amide bonds. The number of ether oxygens (including phenoxy) is 1. The molecule has 0 N–H and O–H groups in total. The number of rotatable bonds is 4. The molecular formula is C18H24N2O3S2. The van der Waals surface area contributed by atoms with Crippen LogP contribution in [-0.2, 0) is 10.0 Å². The van der Waals surface area contributed by atoms with Gasteiger partial charge in [-0.05, 0) is 51.3 Å². The quantitative estimate of drug-likeness (QED) is 0.812. The zero-order valence-electron chi connectivity index (χ0n) is 15.1. The first kappa shape index (κ1) is 18.4. The van der Waals surface area contributed by atoms with Crippen molar-refractivity contribution in [3.05, 3.63) is 39.3 Å². The molecule has 25 heavy (non-hydrogen) atoms. The number of piperidine rings is 1. The molecule has 0 spiro atoms. The summed E-state index contributed by atoms with van der Waals surface area (Å²) in [4.78, 5) is 6.15. The van der Waals surface area contributed by atoms with Crippen LogP contribution in [0.1, 0.15) is 39.9 Å². The lowest BCUT2D eigenvalue weighted by molar-refractivity contribution is 0.317. The van der Waals surface area contributed by atoms with Crippen LogP contribution in [-0.4, -0.2) is 37.9 Å². The van der Waals surface area contributed by atoms with Gasteiger partial charge in [0.25, 0.3) is 0 Å². The minimum atomic E-state index is -3.54. The second-order valence-electron chi connectivity index (χ2n) is 6.53. The van der Waals surface area contributed by atoms with Crippen molar-refractivity contribution in [2.75, 3.05) is 20.2 Å². The highest BCUT2D eigenvalue weighted by molar-refractivity contribution is 7.89. The molecule has 1 aromatic carbocycles. The summed E-state index contributed by atoms with van der Waals surface area (Å²) in [5, 5.41) is 1.14. The highest BCUT2D eigenvalue weighted by Gasteiger charge is 2.33. The third-order valence-corrected chi connectivity index (χ3v) is 7.94. The van der Waals surface area contributed by atoms with E-state index in [0.717, 1.165) is 29.1 Å². The topological polar surface area (TPSA) is 59.5 Å². The summed E-state index contributed by atoms with van der Waals surface area (Å²) in [6.45, 7) is 7.03. The highest BCUT2D eigenvalue weighted by Crippen LogP contribution is 2.35. The van der Waals surface area contributed by atoms with Crippen LogP contribution in [0.25, 0.3) is 0 Å². The van der Waals surface area contributed by atoms with Crippen molar-refractivity contribution in [2.45, 2.75) is 44.4 Å². The van der Waals surface area contributed by atoms with Crippen molar-refractivity contribution >= 4 is 21.4 Å². The van der Waals surface area contributed by atoms with E-state index >= 15 is 0 Å². The van der Waals surface area contributed by atoms with Gasteiger partial charge < -0.3 is 4.74 Å². The van der Waals surface area contributed by atoms with E-state index in [1.807, 2.05) is 19.9 Å². The van der Waals surface area contributed by atoms with Gasteiger partial charge in [-0.25, -0.2) is 13.4 Å². The summed E-state index contributed by atoms with van der Waals surface area (Å²) >= 11 is 1.73. The Kier molecular flexibility index (Phi) is 5.18. The van der Waals surface area contributed by atoms with Gasteiger partial charge in [-0.15, -0.1) is 11.3 Å². The first-order chi connectivity index (χ1) is 11.8. The van der Waals surface area contributed by atoms with Crippen LogP contribution in [0.4, 0.5) is 0 Å². The molecule has 5 nitrogen and oxygen atoms in total. The minimum Gasteiger partial charge on any atom is -0.495 e. The largest absolute Gasteiger partial charge is 0.495 e. The molecule has 7 heteroatoms. The number of methoxy groups -OCH3 is 1. The van der Waals surface area contributed by atoms with Gasteiger partial charge in [0.15, 0.2) is 0 Å². The molecule has 0 aliphatic carbocycles.